The zero-order chi connectivity index (χ0) is 24.7. The van der Waals surface area contributed by atoms with Crippen LogP contribution in [0.5, 0.6) is 5.75 Å². The second kappa shape index (κ2) is 11.0. The number of hydrogen-bond acceptors (Lipinski definition) is 7. The number of ether oxygens (including phenoxy) is 1. The number of rotatable bonds is 8. The lowest BCUT2D eigenvalue weighted by molar-refractivity contribution is 0.0929. The van der Waals surface area contributed by atoms with Gasteiger partial charge in [0.1, 0.15) is 17.0 Å². The molecule has 0 atom stereocenters. The molecule has 1 aromatic carbocycles. The number of halogens is 1. The van der Waals surface area contributed by atoms with E-state index in [1.807, 2.05) is 0 Å². The normalized spacial score (nSPS) is 11.1. The van der Waals surface area contributed by atoms with Gasteiger partial charge in [-0.3, -0.25) is 9.78 Å². The molecule has 3 N–H and O–H groups in total. The number of benzene rings is 1. The van der Waals surface area contributed by atoms with Crippen LogP contribution in [0.15, 0.2) is 36.5 Å². The zero-order valence-corrected chi connectivity index (χ0v) is 19.4. The number of pyridine rings is 2. The van der Waals surface area contributed by atoms with E-state index in [1.165, 1.54) is 19.2 Å². The number of methoxy groups -OCH3 is 1. The smallest absolute Gasteiger partial charge is 0.273 e. The van der Waals surface area contributed by atoms with Crippen molar-refractivity contribution in [3.63, 3.8) is 0 Å². The number of aromatic hydroxyl groups is 1. The molecule has 3 rings (SSSR count). The Morgan fingerprint density at radius 1 is 1.24 bits per heavy atom. The van der Waals surface area contributed by atoms with Gasteiger partial charge in [0.25, 0.3) is 5.91 Å². The molecular formula is C23H23FN4O5S. The second-order valence-corrected chi connectivity index (χ2v) is 9.18. The lowest BCUT2D eigenvalue weighted by Crippen LogP contribution is -2.28. The monoisotopic (exact) mass is 486 g/mol. The molecule has 0 bridgehead atoms. The van der Waals surface area contributed by atoms with Crippen LogP contribution in [-0.4, -0.2) is 62.5 Å². The highest BCUT2D eigenvalue weighted by atomic mass is 32.2. The first kappa shape index (κ1) is 25.0. The third-order valence-electron chi connectivity index (χ3n) is 4.63. The number of carbonyl (C=O) groups is 1. The maximum atomic E-state index is 13.2. The minimum absolute atomic E-state index is 0.120. The van der Waals surface area contributed by atoms with Crippen molar-refractivity contribution in [2.75, 3.05) is 33.1 Å². The molecule has 0 aliphatic carbocycles. The summed E-state index contributed by atoms with van der Waals surface area (Å²) in [4.78, 5) is 21.1. The lowest BCUT2D eigenvalue weighted by Gasteiger charge is -2.11. The number of hydrogen-bond donors (Lipinski definition) is 3. The van der Waals surface area contributed by atoms with Gasteiger partial charge in [-0.1, -0.05) is 18.1 Å². The molecule has 2 heterocycles. The van der Waals surface area contributed by atoms with E-state index in [0.29, 0.717) is 11.8 Å². The molecule has 0 radical (unpaired) electrons. The van der Waals surface area contributed by atoms with Crippen LogP contribution in [-0.2, 0) is 21.2 Å². The van der Waals surface area contributed by atoms with Crippen molar-refractivity contribution in [1.29, 1.82) is 0 Å². The van der Waals surface area contributed by atoms with Crippen LogP contribution in [0.4, 0.5) is 4.39 Å². The quantitative estimate of drug-likeness (QED) is 0.324. The summed E-state index contributed by atoms with van der Waals surface area (Å²) in [5, 5.41) is 13.7. The lowest BCUT2D eigenvalue weighted by atomic mass is 10.0. The van der Waals surface area contributed by atoms with E-state index in [0.717, 1.165) is 17.4 Å². The number of aromatic nitrogens is 2. The van der Waals surface area contributed by atoms with E-state index in [-0.39, 0.29) is 42.4 Å². The van der Waals surface area contributed by atoms with Gasteiger partial charge in [-0.25, -0.2) is 22.5 Å². The molecule has 34 heavy (non-hydrogen) atoms. The van der Waals surface area contributed by atoms with Crippen LogP contribution in [0.3, 0.4) is 0 Å². The molecule has 0 fully saturated rings. The Morgan fingerprint density at radius 3 is 2.65 bits per heavy atom. The van der Waals surface area contributed by atoms with Gasteiger partial charge in [-0.2, -0.15) is 0 Å². The topological polar surface area (TPSA) is 131 Å². The Labute approximate surface area is 196 Å². The molecular weight excluding hydrogens is 463 g/mol. The van der Waals surface area contributed by atoms with Crippen molar-refractivity contribution in [1.82, 2.24) is 20.0 Å². The van der Waals surface area contributed by atoms with Gasteiger partial charge < -0.3 is 15.2 Å². The zero-order valence-electron chi connectivity index (χ0n) is 18.6. The molecule has 0 aliphatic rings. The molecule has 3 aromatic rings. The largest absolute Gasteiger partial charge is 0.504 e. The second-order valence-electron chi connectivity index (χ2n) is 7.34. The molecule has 0 unspecified atom stereocenters. The van der Waals surface area contributed by atoms with Gasteiger partial charge in [-0.15, -0.1) is 0 Å². The summed E-state index contributed by atoms with van der Waals surface area (Å²) in [6, 6.07) is 7.74. The highest BCUT2D eigenvalue weighted by Crippen LogP contribution is 2.29. The summed E-state index contributed by atoms with van der Waals surface area (Å²) in [6.07, 6.45) is 2.99. The van der Waals surface area contributed by atoms with Gasteiger partial charge in [-0.05, 0) is 41.7 Å². The molecule has 9 nitrogen and oxygen atoms in total. The first-order valence-corrected chi connectivity index (χ1v) is 12.0. The van der Waals surface area contributed by atoms with Crippen LogP contribution in [0.2, 0.25) is 0 Å². The minimum Gasteiger partial charge on any atom is -0.504 e. The number of amides is 1. The van der Waals surface area contributed by atoms with Crippen LogP contribution in [0.1, 0.15) is 27.3 Å². The number of sulfonamides is 1. The molecule has 11 heteroatoms. The fourth-order valence-electron chi connectivity index (χ4n) is 3.05. The summed E-state index contributed by atoms with van der Waals surface area (Å²) in [6.45, 7) is 0.313. The summed E-state index contributed by atoms with van der Waals surface area (Å²) in [5.41, 5.74) is 1.60. The predicted octanol–water partition coefficient (Wildman–Crippen LogP) is 1.34. The van der Waals surface area contributed by atoms with E-state index in [4.69, 9.17) is 4.74 Å². The Kier molecular flexibility index (Phi) is 8.12. The van der Waals surface area contributed by atoms with Crippen molar-refractivity contribution in [3.05, 3.63) is 64.9 Å². The first-order valence-electron chi connectivity index (χ1n) is 10.1. The molecule has 0 spiro atoms. The molecule has 0 saturated heterocycles. The fourth-order valence-corrected chi connectivity index (χ4v) is 3.38. The number of nitrogens with zero attached hydrogens (tertiary/aromatic N) is 2. The Bertz CT molecular complexity index is 1370. The highest BCUT2D eigenvalue weighted by molar-refractivity contribution is 7.88. The Balaban J connectivity index is 2.03. The third kappa shape index (κ3) is 6.71. The number of fused-ring (bicyclic) bond motifs is 1. The van der Waals surface area contributed by atoms with Crippen molar-refractivity contribution in [2.45, 2.75) is 6.42 Å². The van der Waals surface area contributed by atoms with Crippen molar-refractivity contribution < 1.29 is 27.4 Å². The van der Waals surface area contributed by atoms with Gasteiger partial charge in [0.15, 0.2) is 11.4 Å². The van der Waals surface area contributed by atoms with E-state index in [2.05, 4.69) is 31.8 Å². The summed E-state index contributed by atoms with van der Waals surface area (Å²) in [7, 11) is -1.94. The van der Waals surface area contributed by atoms with Gasteiger partial charge in [0.2, 0.25) is 10.0 Å². The molecule has 1 amide bonds. The van der Waals surface area contributed by atoms with Crippen LogP contribution >= 0.6 is 0 Å². The number of carbonyl (C=O) groups excluding carboxylic acids is 1. The predicted molar refractivity (Wildman–Crippen MR) is 124 cm³/mol. The Morgan fingerprint density at radius 2 is 1.97 bits per heavy atom. The summed E-state index contributed by atoms with van der Waals surface area (Å²) >= 11 is 0. The molecule has 2 aromatic heterocycles. The summed E-state index contributed by atoms with van der Waals surface area (Å²) < 4.78 is 42.9. The van der Waals surface area contributed by atoms with Gasteiger partial charge >= 0.3 is 0 Å². The SMILES string of the molecule is COCCNC(=O)c1nc(C#CCNS(C)(=O)=O)c2cc(Cc3ccc(F)cc3)cnc2c1O. The van der Waals surface area contributed by atoms with E-state index in [9.17, 15) is 22.7 Å². The Hall–Kier alpha value is -3.59. The maximum Gasteiger partial charge on any atom is 0.273 e. The van der Waals surface area contributed by atoms with Crippen LogP contribution < -0.4 is 10.0 Å². The highest BCUT2D eigenvalue weighted by Gasteiger charge is 2.20. The van der Waals surface area contributed by atoms with E-state index in [1.54, 1.807) is 24.4 Å². The van der Waals surface area contributed by atoms with Crippen molar-refractivity contribution in [3.8, 4) is 17.6 Å². The van der Waals surface area contributed by atoms with Gasteiger partial charge in [0, 0.05) is 25.2 Å². The summed E-state index contributed by atoms with van der Waals surface area (Å²) in [5.74, 6) is 4.03. The average Bonchev–Trinajstić information content (AvgIpc) is 2.79. The fraction of sp³-hybridized carbons (Fsp3) is 0.261. The van der Waals surface area contributed by atoms with Crippen LogP contribution in [0.25, 0.3) is 10.9 Å². The van der Waals surface area contributed by atoms with Gasteiger partial charge in [0.05, 0.1) is 19.4 Å². The molecule has 178 valence electrons. The average molecular weight is 487 g/mol. The van der Waals surface area contributed by atoms with Crippen molar-refractivity contribution in [2.24, 2.45) is 0 Å². The molecule has 0 aliphatic heterocycles. The van der Waals surface area contributed by atoms with E-state index < -0.39 is 21.7 Å². The minimum atomic E-state index is -3.43. The van der Waals surface area contributed by atoms with Crippen molar-refractivity contribution >= 4 is 26.8 Å². The number of nitrogens with one attached hydrogen (secondary N) is 2. The first-order chi connectivity index (χ1) is 16.2. The third-order valence-corrected chi connectivity index (χ3v) is 5.30. The van der Waals surface area contributed by atoms with Crippen LogP contribution in [0, 0.1) is 17.7 Å². The van der Waals surface area contributed by atoms with E-state index >= 15 is 0 Å². The standard InChI is InChI=1S/C23H23FN4O5S/c1-33-11-10-25-23(30)21-22(29)20-18(19(28-21)4-3-9-27-34(2,31)32)13-16(14-26-20)12-15-5-7-17(24)8-6-15/h5-8,13-14,27,29H,9-12H2,1-2H3,(H,25,30). The maximum absolute atomic E-state index is 13.2. The molecule has 0 saturated carbocycles.